The Morgan fingerprint density at radius 2 is 1.95 bits per heavy atom. The standard InChI is InChI=1S/C19H27N/c1-14-10-15(2)12-17(11-14)18-8-9-20-13-19(18)16-6-4-3-5-7-16/h3-7,10,14,17-20H,8-9,11-13H2,1-2H3. The molecule has 1 aromatic carbocycles. The van der Waals surface area contributed by atoms with Crippen molar-refractivity contribution >= 4 is 0 Å². The zero-order valence-corrected chi connectivity index (χ0v) is 12.8. The minimum Gasteiger partial charge on any atom is -0.316 e. The van der Waals surface area contributed by atoms with Crippen molar-refractivity contribution in [1.29, 1.82) is 0 Å². The van der Waals surface area contributed by atoms with Crippen molar-refractivity contribution in [2.75, 3.05) is 13.1 Å². The van der Waals surface area contributed by atoms with Gasteiger partial charge in [0.1, 0.15) is 0 Å². The molecule has 0 bridgehead atoms. The first kappa shape index (κ1) is 13.9. The Labute approximate surface area is 123 Å². The number of rotatable bonds is 2. The molecule has 4 unspecified atom stereocenters. The highest BCUT2D eigenvalue weighted by molar-refractivity contribution is 5.22. The highest BCUT2D eigenvalue weighted by Gasteiger charge is 2.34. The number of benzene rings is 1. The van der Waals surface area contributed by atoms with Crippen LogP contribution in [0.5, 0.6) is 0 Å². The number of piperidine rings is 1. The molecule has 1 N–H and O–H groups in total. The summed E-state index contributed by atoms with van der Waals surface area (Å²) >= 11 is 0. The predicted molar refractivity (Wildman–Crippen MR) is 85.8 cm³/mol. The molecule has 20 heavy (non-hydrogen) atoms. The zero-order valence-electron chi connectivity index (χ0n) is 12.8. The van der Waals surface area contributed by atoms with E-state index in [2.05, 4.69) is 55.6 Å². The Hall–Kier alpha value is -1.08. The van der Waals surface area contributed by atoms with E-state index < -0.39 is 0 Å². The summed E-state index contributed by atoms with van der Waals surface area (Å²) in [6, 6.07) is 11.1. The third-order valence-electron chi connectivity index (χ3n) is 5.20. The molecular formula is C19H27N. The summed E-state index contributed by atoms with van der Waals surface area (Å²) in [6.07, 6.45) is 6.52. The van der Waals surface area contributed by atoms with Gasteiger partial charge in [-0.25, -0.2) is 0 Å². The van der Waals surface area contributed by atoms with Crippen LogP contribution in [0.3, 0.4) is 0 Å². The second kappa shape index (κ2) is 6.13. The van der Waals surface area contributed by atoms with Crippen LogP contribution in [0.1, 0.15) is 44.6 Å². The molecule has 1 heterocycles. The van der Waals surface area contributed by atoms with Gasteiger partial charge < -0.3 is 5.32 Å². The molecule has 1 heteroatoms. The van der Waals surface area contributed by atoms with Crippen molar-refractivity contribution < 1.29 is 0 Å². The molecule has 1 saturated heterocycles. The molecule has 2 aliphatic rings. The van der Waals surface area contributed by atoms with Crippen LogP contribution < -0.4 is 5.32 Å². The fourth-order valence-electron chi connectivity index (χ4n) is 4.43. The third kappa shape index (κ3) is 2.98. The normalized spacial score (nSPS) is 34.6. The molecule has 1 nitrogen and oxygen atoms in total. The maximum atomic E-state index is 3.61. The summed E-state index contributed by atoms with van der Waals surface area (Å²) < 4.78 is 0. The molecule has 0 aromatic heterocycles. The first-order chi connectivity index (χ1) is 9.74. The van der Waals surface area contributed by atoms with Gasteiger partial charge in [-0.2, -0.15) is 0 Å². The fourth-order valence-corrected chi connectivity index (χ4v) is 4.43. The molecule has 3 rings (SSSR count). The molecule has 108 valence electrons. The van der Waals surface area contributed by atoms with Gasteiger partial charge in [0.05, 0.1) is 0 Å². The van der Waals surface area contributed by atoms with E-state index >= 15 is 0 Å². The van der Waals surface area contributed by atoms with Crippen LogP contribution in [0.25, 0.3) is 0 Å². The quantitative estimate of drug-likeness (QED) is 0.786. The number of hydrogen-bond acceptors (Lipinski definition) is 1. The minimum absolute atomic E-state index is 0.702. The lowest BCUT2D eigenvalue weighted by atomic mass is 9.68. The molecular weight excluding hydrogens is 242 g/mol. The van der Waals surface area contributed by atoms with Crippen LogP contribution in [0.15, 0.2) is 42.0 Å². The Morgan fingerprint density at radius 1 is 1.15 bits per heavy atom. The molecule has 0 amide bonds. The maximum Gasteiger partial charge on any atom is 0.00229 e. The van der Waals surface area contributed by atoms with Crippen LogP contribution >= 0.6 is 0 Å². The first-order valence-corrected chi connectivity index (χ1v) is 8.17. The Balaban J connectivity index is 1.81. The lowest BCUT2D eigenvalue weighted by Crippen LogP contribution is -2.39. The summed E-state index contributed by atoms with van der Waals surface area (Å²) in [6.45, 7) is 7.06. The highest BCUT2D eigenvalue weighted by Crippen LogP contribution is 2.42. The predicted octanol–water partition coefficient (Wildman–Crippen LogP) is 4.37. The lowest BCUT2D eigenvalue weighted by Gasteiger charge is -2.40. The molecule has 0 spiro atoms. The van der Waals surface area contributed by atoms with Gasteiger partial charge in [0.25, 0.3) is 0 Å². The average Bonchev–Trinajstić information content (AvgIpc) is 2.47. The van der Waals surface area contributed by atoms with Gasteiger partial charge in [0.15, 0.2) is 0 Å². The number of allylic oxidation sites excluding steroid dienone is 2. The van der Waals surface area contributed by atoms with Gasteiger partial charge in [0, 0.05) is 6.54 Å². The molecule has 0 saturated carbocycles. The van der Waals surface area contributed by atoms with E-state index in [1.54, 1.807) is 5.57 Å². The van der Waals surface area contributed by atoms with Crippen molar-refractivity contribution in [3.63, 3.8) is 0 Å². The van der Waals surface area contributed by atoms with Crippen molar-refractivity contribution in [2.45, 2.75) is 39.0 Å². The molecule has 1 aromatic rings. The van der Waals surface area contributed by atoms with Gasteiger partial charge >= 0.3 is 0 Å². The average molecular weight is 269 g/mol. The van der Waals surface area contributed by atoms with Crippen LogP contribution in [0.4, 0.5) is 0 Å². The van der Waals surface area contributed by atoms with Crippen molar-refractivity contribution in [1.82, 2.24) is 5.32 Å². The summed E-state index contributed by atoms with van der Waals surface area (Å²) in [5, 5.41) is 3.61. The van der Waals surface area contributed by atoms with Gasteiger partial charge in [-0.1, -0.05) is 48.9 Å². The zero-order chi connectivity index (χ0) is 13.9. The number of hydrogen-bond donors (Lipinski definition) is 1. The van der Waals surface area contributed by atoms with Crippen LogP contribution in [0.2, 0.25) is 0 Å². The van der Waals surface area contributed by atoms with Crippen molar-refractivity contribution in [2.24, 2.45) is 17.8 Å². The fraction of sp³-hybridized carbons (Fsp3) is 0.579. The van der Waals surface area contributed by atoms with E-state index in [9.17, 15) is 0 Å². The van der Waals surface area contributed by atoms with Crippen LogP contribution in [-0.2, 0) is 0 Å². The summed E-state index contributed by atoms with van der Waals surface area (Å²) in [7, 11) is 0. The van der Waals surface area contributed by atoms with Gasteiger partial charge in [-0.15, -0.1) is 0 Å². The van der Waals surface area contributed by atoms with Crippen LogP contribution in [0, 0.1) is 17.8 Å². The van der Waals surface area contributed by atoms with E-state index in [-0.39, 0.29) is 0 Å². The van der Waals surface area contributed by atoms with Crippen molar-refractivity contribution in [3.8, 4) is 0 Å². The van der Waals surface area contributed by atoms with E-state index in [0.717, 1.165) is 24.3 Å². The van der Waals surface area contributed by atoms with E-state index in [4.69, 9.17) is 0 Å². The van der Waals surface area contributed by atoms with E-state index in [0.29, 0.717) is 5.92 Å². The van der Waals surface area contributed by atoms with E-state index in [1.807, 2.05) is 0 Å². The lowest BCUT2D eigenvalue weighted by molar-refractivity contribution is 0.194. The summed E-state index contributed by atoms with van der Waals surface area (Å²) in [4.78, 5) is 0. The molecule has 1 aliphatic heterocycles. The molecule has 0 radical (unpaired) electrons. The molecule has 1 fully saturated rings. The Morgan fingerprint density at radius 3 is 2.70 bits per heavy atom. The van der Waals surface area contributed by atoms with Crippen LogP contribution in [-0.4, -0.2) is 13.1 Å². The minimum atomic E-state index is 0.702. The SMILES string of the molecule is CC1=CC(C)CC(C2CCNCC2c2ccccc2)C1. The third-order valence-corrected chi connectivity index (χ3v) is 5.20. The smallest absolute Gasteiger partial charge is 0.00229 e. The Kier molecular flexibility index (Phi) is 4.26. The second-order valence-corrected chi connectivity index (χ2v) is 6.86. The topological polar surface area (TPSA) is 12.0 Å². The molecule has 4 atom stereocenters. The number of nitrogens with one attached hydrogen (secondary N) is 1. The van der Waals surface area contributed by atoms with Gasteiger partial charge in [-0.05, 0) is 62.0 Å². The van der Waals surface area contributed by atoms with Gasteiger partial charge in [0.2, 0.25) is 0 Å². The molecule has 1 aliphatic carbocycles. The summed E-state index contributed by atoms with van der Waals surface area (Å²) in [5.41, 5.74) is 3.14. The Bertz CT molecular complexity index is 462. The summed E-state index contributed by atoms with van der Waals surface area (Å²) in [5.74, 6) is 3.19. The first-order valence-electron chi connectivity index (χ1n) is 8.17. The van der Waals surface area contributed by atoms with Crippen molar-refractivity contribution in [3.05, 3.63) is 47.5 Å². The second-order valence-electron chi connectivity index (χ2n) is 6.86. The highest BCUT2D eigenvalue weighted by atomic mass is 14.9. The maximum absolute atomic E-state index is 3.61. The monoisotopic (exact) mass is 269 g/mol. The largest absolute Gasteiger partial charge is 0.316 e. The van der Waals surface area contributed by atoms with E-state index in [1.165, 1.54) is 31.4 Å². The van der Waals surface area contributed by atoms with Gasteiger partial charge in [-0.3, -0.25) is 0 Å².